The van der Waals surface area contributed by atoms with Gasteiger partial charge in [-0.3, -0.25) is 4.79 Å². The Bertz CT molecular complexity index is 797. The van der Waals surface area contributed by atoms with E-state index in [1.807, 2.05) is 54.6 Å². The van der Waals surface area contributed by atoms with Crippen molar-refractivity contribution in [3.8, 4) is 0 Å². The van der Waals surface area contributed by atoms with Gasteiger partial charge < -0.3 is 5.32 Å². The SMILES string of the molecule is O=C(Nc1ccccc1Cc1ccccc1)c1ccc(Br)cc1. The molecule has 0 aliphatic heterocycles. The van der Waals surface area contributed by atoms with Gasteiger partial charge in [-0.2, -0.15) is 0 Å². The minimum atomic E-state index is -0.0991. The lowest BCUT2D eigenvalue weighted by Crippen LogP contribution is -2.13. The highest BCUT2D eigenvalue weighted by Gasteiger charge is 2.09. The minimum Gasteiger partial charge on any atom is -0.322 e. The van der Waals surface area contributed by atoms with E-state index in [2.05, 4.69) is 33.4 Å². The van der Waals surface area contributed by atoms with E-state index in [-0.39, 0.29) is 5.91 Å². The summed E-state index contributed by atoms with van der Waals surface area (Å²) < 4.78 is 0.957. The van der Waals surface area contributed by atoms with E-state index in [9.17, 15) is 4.79 Å². The van der Waals surface area contributed by atoms with Crippen molar-refractivity contribution in [2.24, 2.45) is 0 Å². The molecule has 1 N–H and O–H groups in total. The van der Waals surface area contributed by atoms with Crippen molar-refractivity contribution < 1.29 is 4.79 Å². The summed E-state index contributed by atoms with van der Waals surface area (Å²) in [6, 6.07) is 25.5. The third-order valence-electron chi connectivity index (χ3n) is 3.61. The van der Waals surface area contributed by atoms with Crippen molar-refractivity contribution in [1.82, 2.24) is 0 Å². The van der Waals surface area contributed by atoms with Crippen LogP contribution in [0.2, 0.25) is 0 Å². The van der Waals surface area contributed by atoms with Gasteiger partial charge in [-0.25, -0.2) is 0 Å². The molecule has 2 nitrogen and oxygen atoms in total. The summed E-state index contributed by atoms with van der Waals surface area (Å²) in [5.41, 5.74) is 3.81. The molecule has 0 aliphatic rings. The molecule has 3 aromatic rings. The van der Waals surface area contributed by atoms with Gasteiger partial charge >= 0.3 is 0 Å². The number of halogens is 1. The standard InChI is InChI=1S/C20H16BrNO/c21-18-12-10-16(11-13-18)20(23)22-19-9-5-4-8-17(19)14-15-6-2-1-3-7-15/h1-13H,14H2,(H,22,23). The van der Waals surface area contributed by atoms with E-state index in [0.717, 1.165) is 22.1 Å². The Morgan fingerprint density at radius 2 is 1.48 bits per heavy atom. The average Bonchev–Trinajstić information content (AvgIpc) is 2.58. The molecule has 0 unspecified atom stereocenters. The van der Waals surface area contributed by atoms with Crippen molar-refractivity contribution in [3.05, 3.63) is 100 Å². The number of benzene rings is 3. The fraction of sp³-hybridized carbons (Fsp3) is 0.0500. The first-order chi connectivity index (χ1) is 11.2. The van der Waals surface area contributed by atoms with E-state index in [1.165, 1.54) is 5.56 Å². The molecular weight excluding hydrogens is 350 g/mol. The molecule has 0 heterocycles. The number of anilines is 1. The Kier molecular flexibility index (Phi) is 4.89. The number of rotatable bonds is 4. The van der Waals surface area contributed by atoms with Gasteiger partial charge in [-0.15, -0.1) is 0 Å². The van der Waals surface area contributed by atoms with Crippen LogP contribution < -0.4 is 5.32 Å². The highest BCUT2D eigenvalue weighted by Crippen LogP contribution is 2.20. The maximum absolute atomic E-state index is 12.4. The zero-order chi connectivity index (χ0) is 16.1. The predicted octanol–water partition coefficient (Wildman–Crippen LogP) is 5.29. The molecule has 0 spiro atoms. The molecule has 0 atom stereocenters. The lowest BCUT2D eigenvalue weighted by Gasteiger charge is -2.11. The van der Waals surface area contributed by atoms with Gasteiger partial charge in [0.2, 0.25) is 0 Å². The predicted molar refractivity (Wildman–Crippen MR) is 97.8 cm³/mol. The van der Waals surface area contributed by atoms with Crippen LogP contribution in [0.5, 0.6) is 0 Å². The Hall–Kier alpha value is -2.39. The van der Waals surface area contributed by atoms with Gasteiger partial charge in [0.25, 0.3) is 5.91 Å². The zero-order valence-electron chi connectivity index (χ0n) is 12.5. The van der Waals surface area contributed by atoms with Crippen LogP contribution in [0.4, 0.5) is 5.69 Å². The van der Waals surface area contributed by atoms with E-state index in [0.29, 0.717) is 5.56 Å². The van der Waals surface area contributed by atoms with Crippen molar-refractivity contribution >= 4 is 27.5 Å². The molecule has 23 heavy (non-hydrogen) atoms. The molecule has 0 saturated heterocycles. The average molecular weight is 366 g/mol. The summed E-state index contributed by atoms with van der Waals surface area (Å²) in [4.78, 5) is 12.4. The molecule has 0 aliphatic carbocycles. The van der Waals surface area contributed by atoms with Crippen molar-refractivity contribution in [2.45, 2.75) is 6.42 Å². The van der Waals surface area contributed by atoms with Crippen molar-refractivity contribution in [3.63, 3.8) is 0 Å². The van der Waals surface area contributed by atoms with Crippen LogP contribution in [-0.2, 0) is 6.42 Å². The molecule has 3 rings (SSSR count). The molecule has 3 heteroatoms. The van der Waals surface area contributed by atoms with Gasteiger partial charge in [0.1, 0.15) is 0 Å². The number of amides is 1. The van der Waals surface area contributed by atoms with Crippen LogP contribution in [0, 0.1) is 0 Å². The first kappa shape index (κ1) is 15.5. The van der Waals surface area contributed by atoms with Gasteiger partial charge in [0, 0.05) is 15.7 Å². The van der Waals surface area contributed by atoms with E-state index >= 15 is 0 Å². The zero-order valence-corrected chi connectivity index (χ0v) is 14.1. The highest BCUT2D eigenvalue weighted by atomic mass is 79.9. The monoisotopic (exact) mass is 365 g/mol. The molecule has 0 saturated carbocycles. The number of carbonyl (C=O) groups is 1. The van der Waals surface area contributed by atoms with Gasteiger partial charge in [-0.05, 0) is 47.9 Å². The number of para-hydroxylation sites is 1. The second-order valence-electron chi connectivity index (χ2n) is 5.28. The summed E-state index contributed by atoms with van der Waals surface area (Å²) in [5, 5.41) is 3.01. The first-order valence-electron chi connectivity index (χ1n) is 7.41. The Morgan fingerprint density at radius 3 is 2.22 bits per heavy atom. The van der Waals surface area contributed by atoms with Crippen LogP contribution in [0.15, 0.2) is 83.3 Å². The third kappa shape index (κ3) is 4.08. The summed E-state index contributed by atoms with van der Waals surface area (Å²) in [7, 11) is 0. The summed E-state index contributed by atoms with van der Waals surface area (Å²) in [6.07, 6.45) is 0.789. The Morgan fingerprint density at radius 1 is 0.826 bits per heavy atom. The quantitative estimate of drug-likeness (QED) is 0.668. The minimum absolute atomic E-state index is 0.0991. The molecule has 0 radical (unpaired) electrons. The maximum Gasteiger partial charge on any atom is 0.255 e. The molecule has 3 aromatic carbocycles. The molecule has 1 amide bonds. The van der Waals surface area contributed by atoms with E-state index < -0.39 is 0 Å². The van der Waals surface area contributed by atoms with Crippen molar-refractivity contribution in [1.29, 1.82) is 0 Å². The summed E-state index contributed by atoms with van der Waals surface area (Å²) >= 11 is 3.38. The maximum atomic E-state index is 12.4. The second-order valence-corrected chi connectivity index (χ2v) is 6.20. The Labute approximate surface area is 144 Å². The lowest BCUT2D eigenvalue weighted by atomic mass is 10.0. The second kappa shape index (κ2) is 7.25. The fourth-order valence-electron chi connectivity index (χ4n) is 2.41. The molecule has 0 aromatic heterocycles. The van der Waals surface area contributed by atoms with Gasteiger partial charge in [0.05, 0.1) is 0 Å². The molecular formula is C20H16BrNO. The number of hydrogen-bond donors (Lipinski definition) is 1. The van der Waals surface area contributed by atoms with Gasteiger partial charge in [-0.1, -0.05) is 64.5 Å². The number of hydrogen-bond acceptors (Lipinski definition) is 1. The first-order valence-corrected chi connectivity index (χ1v) is 8.20. The number of nitrogens with one attached hydrogen (secondary N) is 1. The van der Waals surface area contributed by atoms with Crippen LogP contribution in [0.25, 0.3) is 0 Å². The molecule has 0 bridgehead atoms. The summed E-state index contributed by atoms with van der Waals surface area (Å²) in [5.74, 6) is -0.0991. The molecule has 0 fully saturated rings. The van der Waals surface area contributed by atoms with Crippen LogP contribution in [0.1, 0.15) is 21.5 Å². The molecule has 114 valence electrons. The summed E-state index contributed by atoms with van der Waals surface area (Å²) in [6.45, 7) is 0. The van der Waals surface area contributed by atoms with Crippen LogP contribution in [-0.4, -0.2) is 5.91 Å². The van der Waals surface area contributed by atoms with E-state index in [1.54, 1.807) is 12.1 Å². The largest absolute Gasteiger partial charge is 0.322 e. The van der Waals surface area contributed by atoms with Gasteiger partial charge in [0.15, 0.2) is 0 Å². The number of carbonyl (C=O) groups excluding carboxylic acids is 1. The fourth-order valence-corrected chi connectivity index (χ4v) is 2.67. The highest BCUT2D eigenvalue weighted by molar-refractivity contribution is 9.10. The van der Waals surface area contributed by atoms with E-state index in [4.69, 9.17) is 0 Å². The lowest BCUT2D eigenvalue weighted by molar-refractivity contribution is 0.102. The Balaban J connectivity index is 1.80. The third-order valence-corrected chi connectivity index (χ3v) is 4.14. The van der Waals surface area contributed by atoms with Crippen LogP contribution >= 0.6 is 15.9 Å². The van der Waals surface area contributed by atoms with Crippen molar-refractivity contribution in [2.75, 3.05) is 5.32 Å². The van der Waals surface area contributed by atoms with Crippen LogP contribution in [0.3, 0.4) is 0 Å². The topological polar surface area (TPSA) is 29.1 Å². The smallest absolute Gasteiger partial charge is 0.255 e. The normalized spacial score (nSPS) is 10.3.